The number of ether oxygens (including phenoxy) is 2. The van der Waals surface area contributed by atoms with Gasteiger partial charge in [0.2, 0.25) is 0 Å². The van der Waals surface area contributed by atoms with Crippen LogP contribution in [-0.2, 0) is 0 Å². The third-order valence-electron chi connectivity index (χ3n) is 3.01. The Morgan fingerprint density at radius 2 is 0.850 bits per heavy atom. The third-order valence-corrected chi connectivity index (χ3v) is 3.01. The summed E-state index contributed by atoms with van der Waals surface area (Å²) in [5, 5.41) is 0. The molecular weight excluding hydrogens is 248 g/mol. The highest BCUT2D eigenvalue weighted by Crippen LogP contribution is 2.17. The van der Waals surface area contributed by atoms with Crippen LogP contribution in [0.25, 0.3) is 0 Å². The molecule has 0 aliphatic rings. The molecule has 0 heterocycles. The molecule has 2 nitrogen and oxygen atoms in total. The number of rotatable bonds is 5. The molecule has 0 aliphatic heterocycles. The Bertz CT molecular complexity index is 494. The molecule has 0 amide bonds. The largest absolute Gasteiger partial charge is 0.490 e. The van der Waals surface area contributed by atoms with Crippen molar-refractivity contribution in [1.82, 2.24) is 0 Å². The van der Waals surface area contributed by atoms with Crippen LogP contribution in [0.4, 0.5) is 0 Å². The van der Waals surface area contributed by atoms with E-state index in [1.807, 2.05) is 24.3 Å². The van der Waals surface area contributed by atoms with Gasteiger partial charge in [0.25, 0.3) is 0 Å². The van der Waals surface area contributed by atoms with Gasteiger partial charge in [-0.2, -0.15) is 0 Å². The van der Waals surface area contributed by atoms with E-state index in [0.29, 0.717) is 13.2 Å². The van der Waals surface area contributed by atoms with Crippen LogP contribution in [0.1, 0.15) is 22.3 Å². The van der Waals surface area contributed by atoms with Crippen molar-refractivity contribution in [2.45, 2.75) is 27.7 Å². The zero-order valence-electron chi connectivity index (χ0n) is 12.7. The maximum Gasteiger partial charge on any atom is 0.122 e. The molecule has 0 N–H and O–H groups in total. The maximum absolute atomic E-state index is 5.72. The molecule has 0 aromatic heterocycles. The van der Waals surface area contributed by atoms with Gasteiger partial charge in [-0.25, -0.2) is 0 Å². The van der Waals surface area contributed by atoms with Crippen molar-refractivity contribution in [3.05, 3.63) is 58.7 Å². The van der Waals surface area contributed by atoms with Crippen molar-refractivity contribution in [1.29, 1.82) is 0 Å². The lowest BCUT2D eigenvalue weighted by atomic mass is 10.1. The van der Waals surface area contributed by atoms with Crippen molar-refractivity contribution >= 4 is 0 Å². The highest BCUT2D eigenvalue weighted by atomic mass is 16.5. The minimum absolute atomic E-state index is 0.551. The molecule has 0 fully saturated rings. The van der Waals surface area contributed by atoms with E-state index in [4.69, 9.17) is 9.47 Å². The molecule has 0 radical (unpaired) electrons. The molecule has 2 aromatic rings. The van der Waals surface area contributed by atoms with E-state index in [1.165, 1.54) is 22.3 Å². The molecule has 20 heavy (non-hydrogen) atoms. The molecule has 0 aliphatic carbocycles. The van der Waals surface area contributed by atoms with E-state index in [-0.39, 0.29) is 0 Å². The fraction of sp³-hybridized carbons (Fsp3) is 0.333. The summed E-state index contributed by atoms with van der Waals surface area (Å²) in [4.78, 5) is 0. The molecule has 2 rings (SSSR count). The van der Waals surface area contributed by atoms with E-state index in [0.717, 1.165) is 11.5 Å². The molecular formula is C18H22O2. The minimum Gasteiger partial charge on any atom is -0.490 e. The molecule has 2 aromatic carbocycles. The first-order chi connectivity index (χ1) is 9.52. The van der Waals surface area contributed by atoms with Crippen molar-refractivity contribution in [3.8, 4) is 11.5 Å². The van der Waals surface area contributed by atoms with Crippen LogP contribution in [0, 0.1) is 27.7 Å². The summed E-state index contributed by atoms with van der Waals surface area (Å²) in [6.45, 7) is 9.40. The fourth-order valence-electron chi connectivity index (χ4n) is 2.35. The van der Waals surface area contributed by atoms with Crippen molar-refractivity contribution in [2.75, 3.05) is 13.2 Å². The lowest BCUT2D eigenvalue weighted by Crippen LogP contribution is -2.09. The number of hydrogen-bond acceptors (Lipinski definition) is 2. The van der Waals surface area contributed by atoms with Gasteiger partial charge in [0.05, 0.1) is 0 Å². The van der Waals surface area contributed by atoms with E-state index < -0.39 is 0 Å². The predicted octanol–water partition coefficient (Wildman–Crippen LogP) is 4.38. The normalized spacial score (nSPS) is 10.4. The van der Waals surface area contributed by atoms with Gasteiger partial charge in [-0.3, -0.25) is 0 Å². The first-order valence-corrected chi connectivity index (χ1v) is 6.95. The lowest BCUT2D eigenvalue weighted by molar-refractivity contribution is 0.217. The Balaban J connectivity index is 1.84. The topological polar surface area (TPSA) is 18.5 Å². The predicted molar refractivity (Wildman–Crippen MR) is 82.8 cm³/mol. The van der Waals surface area contributed by atoms with Gasteiger partial charge in [-0.1, -0.05) is 12.1 Å². The SMILES string of the molecule is Cc1cc(C)cc(OCCOc2cc(C)cc(C)c2)c1. The Labute approximate surface area is 121 Å². The van der Waals surface area contributed by atoms with E-state index >= 15 is 0 Å². The van der Waals surface area contributed by atoms with Crippen LogP contribution in [0.2, 0.25) is 0 Å². The lowest BCUT2D eigenvalue weighted by Gasteiger charge is -2.10. The average Bonchev–Trinajstić information content (AvgIpc) is 2.32. The van der Waals surface area contributed by atoms with Gasteiger partial charge in [0, 0.05) is 0 Å². The van der Waals surface area contributed by atoms with Gasteiger partial charge < -0.3 is 9.47 Å². The summed E-state index contributed by atoms with van der Waals surface area (Å²) in [7, 11) is 0. The van der Waals surface area contributed by atoms with Crippen molar-refractivity contribution < 1.29 is 9.47 Å². The first-order valence-electron chi connectivity index (χ1n) is 6.95. The highest BCUT2D eigenvalue weighted by molar-refractivity contribution is 5.34. The molecule has 0 unspecified atom stereocenters. The van der Waals surface area contributed by atoms with E-state index in [9.17, 15) is 0 Å². The van der Waals surface area contributed by atoms with Gasteiger partial charge >= 0.3 is 0 Å². The number of hydrogen-bond donors (Lipinski definition) is 0. The second-order valence-electron chi connectivity index (χ2n) is 5.34. The Morgan fingerprint density at radius 1 is 0.550 bits per heavy atom. The molecule has 2 heteroatoms. The van der Waals surface area contributed by atoms with Crippen LogP contribution >= 0.6 is 0 Å². The van der Waals surface area contributed by atoms with Crippen LogP contribution in [-0.4, -0.2) is 13.2 Å². The molecule has 106 valence electrons. The Kier molecular flexibility index (Phi) is 4.67. The Morgan fingerprint density at radius 3 is 1.15 bits per heavy atom. The summed E-state index contributed by atoms with van der Waals surface area (Å²) in [5.74, 6) is 1.82. The second-order valence-corrected chi connectivity index (χ2v) is 5.34. The molecule has 0 atom stereocenters. The number of aryl methyl sites for hydroxylation is 4. The third kappa shape index (κ3) is 4.30. The summed E-state index contributed by atoms with van der Waals surface area (Å²) in [6, 6.07) is 12.5. The average molecular weight is 270 g/mol. The number of benzene rings is 2. The Hall–Kier alpha value is -1.96. The van der Waals surface area contributed by atoms with Gasteiger partial charge in [0.1, 0.15) is 24.7 Å². The monoisotopic (exact) mass is 270 g/mol. The molecule has 0 spiro atoms. The van der Waals surface area contributed by atoms with Crippen LogP contribution < -0.4 is 9.47 Å². The van der Waals surface area contributed by atoms with Crippen LogP contribution in [0.15, 0.2) is 36.4 Å². The quantitative estimate of drug-likeness (QED) is 0.751. The van der Waals surface area contributed by atoms with Crippen molar-refractivity contribution in [2.24, 2.45) is 0 Å². The van der Waals surface area contributed by atoms with Crippen LogP contribution in [0.5, 0.6) is 11.5 Å². The van der Waals surface area contributed by atoms with Gasteiger partial charge in [-0.15, -0.1) is 0 Å². The summed E-state index contributed by atoms with van der Waals surface area (Å²) < 4.78 is 11.4. The summed E-state index contributed by atoms with van der Waals surface area (Å²) >= 11 is 0. The minimum atomic E-state index is 0.551. The zero-order valence-corrected chi connectivity index (χ0v) is 12.7. The van der Waals surface area contributed by atoms with Crippen LogP contribution in [0.3, 0.4) is 0 Å². The molecule has 0 saturated heterocycles. The standard InChI is InChI=1S/C18H22O2/c1-13-7-14(2)10-17(9-13)19-5-6-20-18-11-15(3)8-16(4)12-18/h7-12H,5-6H2,1-4H3. The second kappa shape index (κ2) is 6.47. The zero-order chi connectivity index (χ0) is 14.5. The maximum atomic E-state index is 5.72. The highest BCUT2D eigenvalue weighted by Gasteiger charge is 1.99. The van der Waals surface area contributed by atoms with Gasteiger partial charge in [-0.05, 0) is 74.2 Å². The fourth-order valence-corrected chi connectivity index (χ4v) is 2.35. The summed E-state index contributed by atoms with van der Waals surface area (Å²) in [6.07, 6.45) is 0. The van der Waals surface area contributed by atoms with Crippen molar-refractivity contribution in [3.63, 3.8) is 0 Å². The first kappa shape index (κ1) is 14.4. The molecule has 0 saturated carbocycles. The summed E-state index contributed by atoms with van der Waals surface area (Å²) in [5.41, 5.74) is 4.87. The molecule has 0 bridgehead atoms. The van der Waals surface area contributed by atoms with E-state index in [1.54, 1.807) is 0 Å². The smallest absolute Gasteiger partial charge is 0.122 e. The van der Waals surface area contributed by atoms with E-state index in [2.05, 4.69) is 39.8 Å². The van der Waals surface area contributed by atoms with Gasteiger partial charge in [0.15, 0.2) is 0 Å².